The molecule has 4 heteroatoms. The summed E-state index contributed by atoms with van der Waals surface area (Å²) >= 11 is 0. The maximum absolute atomic E-state index is 12.5. The minimum atomic E-state index is -0.132. The van der Waals surface area contributed by atoms with E-state index in [1.165, 1.54) is 12.8 Å². The van der Waals surface area contributed by atoms with Crippen molar-refractivity contribution in [3.8, 4) is 5.75 Å². The fourth-order valence-corrected chi connectivity index (χ4v) is 2.88. The second-order valence-electron chi connectivity index (χ2n) is 5.87. The van der Waals surface area contributed by atoms with Gasteiger partial charge in [0.2, 0.25) is 0 Å². The van der Waals surface area contributed by atoms with Gasteiger partial charge in [0.25, 0.3) is 5.91 Å². The summed E-state index contributed by atoms with van der Waals surface area (Å²) in [6.45, 7) is 3.32. The first-order chi connectivity index (χ1) is 9.03. The fraction of sp³-hybridized carbons (Fsp3) is 0.533. The van der Waals surface area contributed by atoms with Crippen LogP contribution in [-0.2, 0) is 0 Å². The number of nitrogens with two attached hydrogens (primary N) is 1. The first-order valence-electron chi connectivity index (χ1n) is 6.76. The van der Waals surface area contributed by atoms with Crippen LogP contribution in [0.5, 0.6) is 5.75 Å². The molecule has 0 unspecified atom stereocenters. The van der Waals surface area contributed by atoms with Crippen LogP contribution in [0.2, 0.25) is 0 Å². The van der Waals surface area contributed by atoms with E-state index in [1.807, 2.05) is 30.0 Å². The molecule has 3 rings (SSSR count). The molecular formula is C15H20N2O2. The highest BCUT2D eigenvalue weighted by atomic mass is 16.5. The van der Waals surface area contributed by atoms with Gasteiger partial charge < -0.3 is 15.4 Å². The van der Waals surface area contributed by atoms with Crippen molar-refractivity contribution in [3.63, 3.8) is 0 Å². The summed E-state index contributed by atoms with van der Waals surface area (Å²) in [4.78, 5) is 14.3. The van der Waals surface area contributed by atoms with Gasteiger partial charge in [0.1, 0.15) is 5.75 Å². The van der Waals surface area contributed by atoms with Crippen molar-refractivity contribution in [1.29, 1.82) is 0 Å². The highest BCUT2D eigenvalue weighted by molar-refractivity contribution is 5.97. The van der Waals surface area contributed by atoms with E-state index in [0.29, 0.717) is 30.3 Å². The summed E-state index contributed by atoms with van der Waals surface area (Å²) in [5, 5.41) is 0. The normalized spacial score (nSPS) is 20.9. The van der Waals surface area contributed by atoms with Crippen LogP contribution in [0.3, 0.4) is 0 Å². The van der Waals surface area contributed by atoms with Gasteiger partial charge in [-0.3, -0.25) is 4.79 Å². The Bertz CT molecular complexity index is 517. The predicted octanol–water partition coefficient (Wildman–Crippen LogP) is 1.57. The van der Waals surface area contributed by atoms with Crippen LogP contribution in [0, 0.1) is 12.8 Å². The van der Waals surface area contributed by atoms with Crippen molar-refractivity contribution in [2.24, 2.45) is 11.7 Å². The van der Waals surface area contributed by atoms with Gasteiger partial charge in [0, 0.05) is 13.1 Å². The van der Waals surface area contributed by atoms with Crippen molar-refractivity contribution < 1.29 is 9.53 Å². The van der Waals surface area contributed by atoms with Crippen LogP contribution >= 0.6 is 0 Å². The summed E-state index contributed by atoms with van der Waals surface area (Å²) in [6.07, 6.45) is 2.43. The zero-order valence-electron chi connectivity index (χ0n) is 11.5. The predicted molar refractivity (Wildman–Crippen MR) is 73.3 cm³/mol. The molecule has 0 spiro atoms. The van der Waals surface area contributed by atoms with Crippen molar-refractivity contribution in [2.75, 3.05) is 20.2 Å². The maximum Gasteiger partial charge on any atom is 0.257 e. The van der Waals surface area contributed by atoms with Crippen molar-refractivity contribution in [1.82, 2.24) is 4.90 Å². The molecule has 2 aliphatic rings. The lowest BCUT2D eigenvalue weighted by Gasteiger charge is -2.48. The molecule has 1 aromatic rings. The van der Waals surface area contributed by atoms with E-state index in [0.717, 1.165) is 5.56 Å². The minimum Gasteiger partial charge on any atom is -0.496 e. The summed E-state index contributed by atoms with van der Waals surface area (Å²) in [7, 11) is 1.59. The smallest absolute Gasteiger partial charge is 0.257 e. The number of nitrogens with zero attached hydrogens (tertiary/aromatic N) is 1. The van der Waals surface area contributed by atoms with E-state index in [4.69, 9.17) is 10.5 Å². The third kappa shape index (κ3) is 2.10. The Hall–Kier alpha value is -1.55. The molecule has 2 fully saturated rings. The van der Waals surface area contributed by atoms with Gasteiger partial charge >= 0.3 is 0 Å². The molecule has 0 bridgehead atoms. The van der Waals surface area contributed by atoms with E-state index in [9.17, 15) is 4.79 Å². The van der Waals surface area contributed by atoms with Gasteiger partial charge in [-0.15, -0.1) is 0 Å². The second kappa shape index (κ2) is 4.23. The number of carbonyl (C=O) groups is 1. The molecule has 0 radical (unpaired) electrons. The van der Waals surface area contributed by atoms with Crippen LogP contribution in [-0.4, -0.2) is 36.5 Å². The summed E-state index contributed by atoms with van der Waals surface area (Å²) < 4.78 is 5.27. The molecule has 0 aromatic heterocycles. The Morgan fingerprint density at radius 2 is 2.11 bits per heavy atom. The van der Waals surface area contributed by atoms with E-state index in [2.05, 4.69) is 0 Å². The molecule has 1 saturated heterocycles. The number of ether oxygens (including phenoxy) is 1. The molecule has 1 heterocycles. The molecule has 102 valence electrons. The Kier molecular flexibility index (Phi) is 2.78. The van der Waals surface area contributed by atoms with Crippen LogP contribution in [0.25, 0.3) is 0 Å². The Morgan fingerprint density at radius 3 is 2.68 bits per heavy atom. The number of aryl methyl sites for hydroxylation is 1. The van der Waals surface area contributed by atoms with Crippen molar-refractivity contribution >= 4 is 5.91 Å². The SMILES string of the molecule is COc1ccc(C)cc1C(=O)N1CC(N)(C2CC2)C1. The third-order valence-corrected chi connectivity index (χ3v) is 4.23. The van der Waals surface area contributed by atoms with Crippen LogP contribution in [0.4, 0.5) is 0 Å². The number of benzene rings is 1. The van der Waals surface area contributed by atoms with Crippen molar-refractivity contribution in [2.45, 2.75) is 25.3 Å². The molecule has 1 aromatic carbocycles. The number of amides is 1. The van der Waals surface area contributed by atoms with Crippen molar-refractivity contribution in [3.05, 3.63) is 29.3 Å². The molecule has 2 N–H and O–H groups in total. The third-order valence-electron chi connectivity index (χ3n) is 4.23. The molecule has 0 atom stereocenters. The van der Waals surface area contributed by atoms with Gasteiger partial charge in [-0.1, -0.05) is 11.6 Å². The Morgan fingerprint density at radius 1 is 1.42 bits per heavy atom. The lowest BCUT2D eigenvalue weighted by atomic mass is 9.85. The minimum absolute atomic E-state index is 0.0299. The highest BCUT2D eigenvalue weighted by Gasteiger charge is 2.51. The van der Waals surface area contributed by atoms with E-state index in [-0.39, 0.29) is 11.4 Å². The van der Waals surface area contributed by atoms with Gasteiger partial charge in [-0.2, -0.15) is 0 Å². The largest absolute Gasteiger partial charge is 0.496 e. The number of hydrogen-bond acceptors (Lipinski definition) is 3. The number of methoxy groups -OCH3 is 1. The standard InChI is InChI=1S/C15H20N2O2/c1-10-3-6-13(19-2)12(7-10)14(18)17-8-15(16,9-17)11-4-5-11/h3,6-7,11H,4-5,8-9,16H2,1-2H3. The average Bonchev–Trinajstić information content (AvgIpc) is 3.18. The molecule has 1 aliphatic heterocycles. The number of likely N-dealkylation sites (tertiary alicyclic amines) is 1. The van der Waals surface area contributed by atoms with E-state index >= 15 is 0 Å². The summed E-state index contributed by atoms with van der Waals surface area (Å²) in [6, 6.07) is 5.68. The summed E-state index contributed by atoms with van der Waals surface area (Å²) in [5.41, 5.74) is 7.86. The molecule has 19 heavy (non-hydrogen) atoms. The topological polar surface area (TPSA) is 55.6 Å². The van der Waals surface area contributed by atoms with Crippen LogP contribution in [0.1, 0.15) is 28.8 Å². The maximum atomic E-state index is 12.5. The summed E-state index contributed by atoms with van der Waals surface area (Å²) in [5.74, 6) is 1.29. The quantitative estimate of drug-likeness (QED) is 0.897. The Balaban J connectivity index is 1.76. The van der Waals surface area contributed by atoms with E-state index in [1.54, 1.807) is 7.11 Å². The zero-order chi connectivity index (χ0) is 13.6. The highest BCUT2D eigenvalue weighted by Crippen LogP contribution is 2.43. The zero-order valence-corrected chi connectivity index (χ0v) is 11.5. The fourth-order valence-electron chi connectivity index (χ4n) is 2.88. The van der Waals surface area contributed by atoms with E-state index < -0.39 is 0 Å². The van der Waals surface area contributed by atoms with Gasteiger partial charge in [0.05, 0.1) is 18.2 Å². The first kappa shape index (κ1) is 12.5. The monoisotopic (exact) mass is 260 g/mol. The molecule has 1 aliphatic carbocycles. The van der Waals surface area contributed by atoms with Gasteiger partial charge in [-0.25, -0.2) is 0 Å². The van der Waals surface area contributed by atoms with Crippen LogP contribution < -0.4 is 10.5 Å². The molecule has 1 amide bonds. The van der Waals surface area contributed by atoms with Crippen LogP contribution in [0.15, 0.2) is 18.2 Å². The average molecular weight is 260 g/mol. The Labute approximate surface area is 113 Å². The van der Waals surface area contributed by atoms with Gasteiger partial charge in [-0.05, 0) is 37.8 Å². The lowest BCUT2D eigenvalue weighted by Crippen LogP contribution is -2.69. The lowest BCUT2D eigenvalue weighted by molar-refractivity contribution is 0.0347. The number of carbonyl (C=O) groups excluding carboxylic acids is 1. The second-order valence-corrected chi connectivity index (χ2v) is 5.87. The number of hydrogen-bond donors (Lipinski definition) is 1. The molecule has 1 saturated carbocycles. The molecule has 4 nitrogen and oxygen atoms in total. The van der Waals surface area contributed by atoms with Gasteiger partial charge in [0.15, 0.2) is 0 Å². The number of rotatable bonds is 3. The molecular weight excluding hydrogens is 240 g/mol. The first-order valence-corrected chi connectivity index (χ1v) is 6.76.